The number of benzene rings is 1. The quantitative estimate of drug-likeness (QED) is 0.740. The van der Waals surface area contributed by atoms with Crippen LogP contribution in [0.5, 0.6) is 0 Å². The van der Waals surface area contributed by atoms with Crippen LogP contribution in [-0.4, -0.2) is 0 Å². The van der Waals surface area contributed by atoms with Gasteiger partial charge in [0.25, 0.3) is 0 Å². The number of allylic oxidation sites excluding steroid dienone is 1. The number of nitrogens with one attached hydrogen (secondary N) is 1. The Morgan fingerprint density at radius 2 is 1.67 bits per heavy atom. The summed E-state index contributed by atoms with van der Waals surface area (Å²) in [6, 6.07) is 10.3. The molecule has 0 heterocycles. The van der Waals surface area contributed by atoms with Crippen LogP contribution in [0, 0.1) is 12.8 Å². The normalized spacial score (nSPS) is 7.27. The molecule has 1 N–H and O–H groups in total. The molecular formula is C14H21N. The van der Waals surface area contributed by atoms with Gasteiger partial charge in [-0.3, -0.25) is 0 Å². The van der Waals surface area contributed by atoms with E-state index in [9.17, 15) is 0 Å². The van der Waals surface area contributed by atoms with E-state index in [2.05, 4.69) is 36.9 Å². The van der Waals surface area contributed by atoms with Gasteiger partial charge in [0.15, 0.2) is 0 Å². The summed E-state index contributed by atoms with van der Waals surface area (Å²) < 4.78 is 0. The van der Waals surface area contributed by atoms with Crippen molar-refractivity contribution >= 4 is 0 Å². The van der Waals surface area contributed by atoms with Crippen LogP contribution in [0.1, 0.15) is 26.3 Å². The Morgan fingerprint density at radius 3 is 2.07 bits per heavy atom. The van der Waals surface area contributed by atoms with E-state index in [1.54, 1.807) is 0 Å². The maximum atomic E-state index is 4.00. The smallest absolute Gasteiger partial charge is 0.0397 e. The van der Waals surface area contributed by atoms with Crippen molar-refractivity contribution in [1.82, 2.24) is 5.32 Å². The van der Waals surface area contributed by atoms with Crippen LogP contribution in [0.3, 0.4) is 0 Å². The van der Waals surface area contributed by atoms with E-state index in [-0.39, 0.29) is 0 Å². The van der Waals surface area contributed by atoms with Gasteiger partial charge in [-0.2, -0.15) is 0 Å². The van der Waals surface area contributed by atoms with Gasteiger partial charge in [-0.25, -0.2) is 0 Å². The molecule has 0 atom stereocenters. The lowest BCUT2D eigenvalue weighted by molar-refractivity contribution is 0.816. The van der Waals surface area contributed by atoms with Crippen molar-refractivity contribution in [2.45, 2.75) is 27.3 Å². The van der Waals surface area contributed by atoms with Gasteiger partial charge in [-0.1, -0.05) is 50.8 Å². The largest absolute Gasteiger partial charge is 0.385 e. The fourth-order valence-corrected chi connectivity index (χ4v) is 0.849. The summed E-state index contributed by atoms with van der Waals surface area (Å²) in [6.07, 6.45) is 8.00. The molecule has 1 nitrogen and oxygen atoms in total. The number of terminal acetylenes is 1. The zero-order chi connectivity index (χ0) is 12.1. The first-order valence-electron chi connectivity index (χ1n) is 5.05. The first-order chi connectivity index (χ1) is 7.29. The van der Waals surface area contributed by atoms with E-state index in [1.165, 1.54) is 5.56 Å². The van der Waals surface area contributed by atoms with Crippen molar-refractivity contribution < 1.29 is 0 Å². The summed E-state index contributed by atoms with van der Waals surface area (Å²) in [5.74, 6) is 0. The minimum atomic E-state index is 0.871. The van der Waals surface area contributed by atoms with Gasteiger partial charge in [0.2, 0.25) is 0 Å². The summed E-state index contributed by atoms with van der Waals surface area (Å²) in [5.41, 5.74) is 2.30. The van der Waals surface area contributed by atoms with E-state index >= 15 is 0 Å². The molecule has 0 aromatic heterocycles. The minimum absolute atomic E-state index is 0.871. The fourth-order valence-electron chi connectivity index (χ4n) is 0.849. The molecule has 0 aliphatic rings. The van der Waals surface area contributed by atoms with E-state index in [0.29, 0.717) is 0 Å². The van der Waals surface area contributed by atoms with Gasteiger partial charge < -0.3 is 5.32 Å². The van der Waals surface area contributed by atoms with E-state index in [1.807, 2.05) is 39.0 Å². The monoisotopic (exact) mass is 203 g/mol. The van der Waals surface area contributed by atoms with Crippen LogP contribution in [0.15, 0.2) is 42.6 Å². The third kappa shape index (κ3) is 10.2. The Balaban J connectivity index is 0. The van der Waals surface area contributed by atoms with Crippen LogP contribution < -0.4 is 5.32 Å². The van der Waals surface area contributed by atoms with Crippen molar-refractivity contribution in [3.05, 3.63) is 48.2 Å². The summed E-state index contributed by atoms with van der Waals surface area (Å²) in [5, 5.41) is 3.17. The second-order valence-corrected chi connectivity index (χ2v) is 2.62. The summed E-state index contributed by atoms with van der Waals surface area (Å²) in [6.45, 7) is 10.6. The van der Waals surface area contributed by atoms with Gasteiger partial charge in [-0.05, 0) is 12.5 Å². The van der Waals surface area contributed by atoms with E-state index in [0.717, 1.165) is 12.2 Å². The third-order valence-corrected chi connectivity index (χ3v) is 1.44. The molecule has 0 amide bonds. The van der Waals surface area contributed by atoms with Crippen molar-refractivity contribution in [2.24, 2.45) is 0 Å². The van der Waals surface area contributed by atoms with Crippen molar-refractivity contribution in [1.29, 1.82) is 0 Å². The minimum Gasteiger partial charge on any atom is -0.385 e. The third-order valence-electron chi connectivity index (χ3n) is 1.44. The molecule has 0 saturated heterocycles. The molecule has 0 fully saturated rings. The van der Waals surface area contributed by atoms with E-state index in [4.69, 9.17) is 0 Å². The average Bonchev–Trinajstić information content (AvgIpc) is 2.33. The van der Waals surface area contributed by atoms with Gasteiger partial charge in [0, 0.05) is 12.2 Å². The molecule has 0 bridgehead atoms. The molecule has 1 rings (SSSR count). The Kier molecular flexibility index (Phi) is 13.0. The van der Waals surface area contributed by atoms with E-state index < -0.39 is 0 Å². The Bertz CT molecular complexity index is 259. The second kappa shape index (κ2) is 12.3. The predicted molar refractivity (Wildman–Crippen MR) is 69.3 cm³/mol. The number of rotatable bonds is 3. The van der Waals surface area contributed by atoms with Crippen LogP contribution >= 0.6 is 0 Å². The molecule has 1 aromatic rings. The fraction of sp³-hybridized carbons (Fsp3) is 0.286. The highest BCUT2D eigenvalue weighted by atomic mass is 14.9. The molecule has 0 unspecified atom stereocenters. The number of hydrogen-bond donors (Lipinski definition) is 1. The lowest BCUT2D eigenvalue weighted by atomic mass is 10.2. The zero-order valence-corrected chi connectivity index (χ0v) is 9.96. The van der Waals surface area contributed by atoms with Crippen LogP contribution in [0.4, 0.5) is 0 Å². The van der Waals surface area contributed by atoms with Crippen molar-refractivity contribution in [2.75, 3.05) is 0 Å². The maximum absolute atomic E-state index is 4.00. The van der Waals surface area contributed by atoms with Crippen molar-refractivity contribution in [3.8, 4) is 12.8 Å². The predicted octanol–water partition coefficient (Wildman–Crippen LogP) is 3.59. The first-order valence-corrected chi connectivity index (χ1v) is 5.05. The summed E-state index contributed by atoms with van der Waals surface area (Å²) in [4.78, 5) is 0. The summed E-state index contributed by atoms with van der Waals surface area (Å²) >= 11 is 0. The second-order valence-electron chi connectivity index (χ2n) is 2.62. The molecule has 0 radical (unpaired) electrons. The highest BCUT2D eigenvalue weighted by Gasteiger charge is 1.87. The van der Waals surface area contributed by atoms with Gasteiger partial charge >= 0.3 is 0 Å². The Hall–Kier alpha value is -1.68. The van der Waals surface area contributed by atoms with Crippen LogP contribution in [0.2, 0.25) is 0 Å². The van der Waals surface area contributed by atoms with Gasteiger partial charge in [0.05, 0.1) is 0 Å². The van der Waals surface area contributed by atoms with Gasteiger partial charge in [0.1, 0.15) is 0 Å². The first kappa shape index (κ1) is 15.8. The molecule has 82 valence electrons. The molecule has 0 spiro atoms. The zero-order valence-electron chi connectivity index (χ0n) is 9.96. The van der Waals surface area contributed by atoms with Crippen LogP contribution in [0.25, 0.3) is 0 Å². The summed E-state index contributed by atoms with van der Waals surface area (Å²) in [7, 11) is 0. The molecule has 0 aliphatic heterocycles. The average molecular weight is 203 g/mol. The van der Waals surface area contributed by atoms with Gasteiger partial charge in [-0.15, -0.1) is 12.8 Å². The standard InChI is InChI=1S/C10H13N.C2H6.C2H2/c1-9(2)11-8-10-6-4-3-5-7-10;2*1-2/h3-7,11H,1,8H2,2H3;1-2H3;1-2H. The Morgan fingerprint density at radius 1 is 1.20 bits per heavy atom. The number of hydrogen-bond acceptors (Lipinski definition) is 1. The highest BCUT2D eigenvalue weighted by Crippen LogP contribution is 1.97. The molecule has 15 heavy (non-hydrogen) atoms. The SMILES string of the molecule is C#C.C=C(C)NCc1ccccc1.CC. The lowest BCUT2D eigenvalue weighted by Crippen LogP contribution is -2.08. The topological polar surface area (TPSA) is 12.0 Å². The molecular weight excluding hydrogens is 182 g/mol. The highest BCUT2D eigenvalue weighted by molar-refractivity contribution is 5.14. The Labute approximate surface area is 94.2 Å². The molecule has 1 heteroatoms. The molecule has 0 saturated carbocycles. The molecule has 0 aliphatic carbocycles. The molecule has 1 aromatic carbocycles. The maximum Gasteiger partial charge on any atom is 0.0397 e. The van der Waals surface area contributed by atoms with Crippen LogP contribution in [-0.2, 0) is 6.54 Å². The van der Waals surface area contributed by atoms with Crippen molar-refractivity contribution in [3.63, 3.8) is 0 Å². The lowest BCUT2D eigenvalue weighted by Gasteiger charge is -2.03.